The molecule has 23 heavy (non-hydrogen) atoms. The maximum Gasteiger partial charge on any atom is 0.131 e. The highest BCUT2D eigenvalue weighted by Crippen LogP contribution is 2.27. The number of aromatic nitrogens is 2. The number of hydrogen-bond donors (Lipinski definition) is 0. The van der Waals surface area contributed by atoms with Crippen LogP contribution in [0.25, 0.3) is 10.8 Å². The van der Waals surface area contributed by atoms with E-state index in [1.807, 2.05) is 36.5 Å². The lowest BCUT2D eigenvalue weighted by atomic mass is 10.0. The minimum atomic E-state index is -0.143. The lowest BCUT2D eigenvalue weighted by Crippen LogP contribution is -2.21. The molecule has 1 unspecified atom stereocenters. The maximum atomic E-state index is 13.9. The number of benzene rings is 2. The largest absolute Gasteiger partial charge is 0.297 e. The van der Waals surface area contributed by atoms with Gasteiger partial charge in [0.1, 0.15) is 5.82 Å². The van der Waals surface area contributed by atoms with Gasteiger partial charge >= 0.3 is 0 Å². The quantitative estimate of drug-likeness (QED) is 0.731. The van der Waals surface area contributed by atoms with Crippen LogP contribution in [0.3, 0.4) is 0 Å². The van der Waals surface area contributed by atoms with Gasteiger partial charge in [0, 0.05) is 31.2 Å². The summed E-state index contributed by atoms with van der Waals surface area (Å²) in [5, 5.41) is 6.17. The number of nitrogens with zero attached hydrogens (tertiary/aromatic N) is 3. The zero-order valence-electron chi connectivity index (χ0n) is 13.2. The van der Waals surface area contributed by atoms with Gasteiger partial charge in [-0.1, -0.05) is 30.3 Å². The molecule has 3 aromatic rings. The van der Waals surface area contributed by atoms with Crippen LogP contribution in [0.1, 0.15) is 23.6 Å². The Balaban J connectivity index is 1.54. The molecule has 2 aromatic carbocycles. The van der Waals surface area contributed by atoms with Crippen molar-refractivity contribution in [1.82, 2.24) is 14.7 Å². The molecule has 0 bridgehead atoms. The number of aryl methyl sites for hydroxylation is 1. The molecule has 0 aliphatic carbocycles. The molecular formula is C19H20FN3. The minimum absolute atomic E-state index is 0.143. The summed E-state index contributed by atoms with van der Waals surface area (Å²) < 4.78 is 16.0. The zero-order valence-corrected chi connectivity index (χ0v) is 13.2. The van der Waals surface area contributed by atoms with Gasteiger partial charge in [-0.3, -0.25) is 9.58 Å². The average Bonchev–Trinajstić information content (AvgIpc) is 3.19. The fourth-order valence-corrected chi connectivity index (χ4v) is 3.51. The van der Waals surface area contributed by atoms with Crippen molar-refractivity contribution in [1.29, 1.82) is 0 Å². The van der Waals surface area contributed by atoms with Crippen LogP contribution in [0.5, 0.6) is 0 Å². The molecule has 0 amide bonds. The number of rotatable bonds is 3. The lowest BCUT2D eigenvalue weighted by molar-refractivity contribution is 0.312. The molecular weight excluding hydrogens is 289 g/mol. The van der Waals surface area contributed by atoms with Crippen molar-refractivity contribution in [3.05, 3.63) is 65.7 Å². The number of hydrogen-bond acceptors (Lipinski definition) is 2. The van der Waals surface area contributed by atoms with E-state index in [4.69, 9.17) is 0 Å². The Kier molecular flexibility index (Phi) is 3.62. The molecule has 0 saturated carbocycles. The van der Waals surface area contributed by atoms with Crippen molar-refractivity contribution in [2.75, 3.05) is 13.1 Å². The van der Waals surface area contributed by atoms with E-state index in [0.717, 1.165) is 31.4 Å². The van der Waals surface area contributed by atoms with Crippen LogP contribution < -0.4 is 0 Å². The summed E-state index contributed by atoms with van der Waals surface area (Å²) in [6, 6.07) is 11.7. The fraction of sp³-hybridized carbons (Fsp3) is 0.316. The molecule has 3 nitrogen and oxygen atoms in total. The van der Waals surface area contributed by atoms with E-state index in [2.05, 4.69) is 27.8 Å². The topological polar surface area (TPSA) is 21.1 Å². The van der Waals surface area contributed by atoms with Crippen molar-refractivity contribution in [2.24, 2.45) is 0 Å². The van der Waals surface area contributed by atoms with Crippen LogP contribution >= 0.6 is 0 Å². The van der Waals surface area contributed by atoms with Gasteiger partial charge in [-0.2, -0.15) is 5.10 Å². The summed E-state index contributed by atoms with van der Waals surface area (Å²) in [5.41, 5.74) is 2.40. The van der Waals surface area contributed by atoms with Gasteiger partial charge in [-0.25, -0.2) is 4.39 Å². The Hall–Kier alpha value is -2.20. The van der Waals surface area contributed by atoms with Gasteiger partial charge in [0.25, 0.3) is 0 Å². The summed E-state index contributed by atoms with van der Waals surface area (Å²) >= 11 is 0. The molecule has 1 aliphatic heterocycles. The molecule has 118 valence electrons. The molecule has 0 N–H and O–H groups in total. The van der Waals surface area contributed by atoms with Crippen LogP contribution in [0, 0.1) is 12.7 Å². The highest BCUT2D eigenvalue weighted by molar-refractivity contribution is 5.86. The Morgan fingerprint density at radius 2 is 2.00 bits per heavy atom. The Labute approximate surface area is 135 Å². The highest BCUT2D eigenvalue weighted by atomic mass is 19.1. The third-order valence-corrected chi connectivity index (χ3v) is 4.71. The highest BCUT2D eigenvalue weighted by Gasteiger charge is 2.24. The van der Waals surface area contributed by atoms with Crippen molar-refractivity contribution < 1.29 is 4.39 Å². The summed E-state index contributed by atoms with van der Waals surface area (Å²) in [7, 11) is 0. The summed E-state index contributed by atoms with van der Waals surface area (Å²) in [6.07, 6.45) is 5.14. The number of likely N-dealkylation sites (tertiary alicyclic amines) is 1. The van der Waals surface area contributed by atoms with Crippen molar-refractivity contribution in [2.45, 2.75) is 25.9 Å². The second-order valence-electron chi connectivity index (χ2n) is 6.43. The van der Waals surface area contributed by atoms with Gasteiger partial charge in [0.2, 0.25) is 0 Å². The molecule has 0 radical (unpaired) electrons. The van der Waals surface area contributed by atoms with Gasteiger partial charge in [-0.15, -0.1) is 0 Å². The van der Waals surface area contributed by atoms with E-state index in [-0.39, 0.29) is 5.82 Å². The van der Waals surface area contributed by atoms with E-state index in [1.54, 1.807) is 6.07 Å². The first-order chi connectivity index (χ1) is 11.2. The third-order valence-electron chi connectivity index (χ3n) is 4.71. The summed E-state index contributed by atoms with van der Waals surface area (Å²) in [4.78, 5) is 2.43. The monoisotopic (exact) mass is 309 g/mol. The SMILES string of the molecule is Cc1cnn(C2CCN(Cc3ccc(F)c4ccccc34)C2)c1. The van der Waals surface area contributed by atoms with Crippen molar-refractivity contribution in [3.63, 3.8) is 0 Å². The smallest absolute Gasteiger partial charge is 0.131 e. The van der Waals surface area contributed by atoms with Gasteiger partial charge < -0.3 is 0 Å². The Morgan fingerprint density at radius 1 is 1.17 bits per heavy atom. The molecule has 1 saturated heterocycles. The maximum absolute atomic E-state index is 13.9. The first kappa shape index (κ1) is 14.4. The first-order valence-corrected chi connectivity index (χ1v) is 8.10. The lowest BCUT2D eigenvalue weighted by Gasteiger charge is -2.18. The normalized spacial score (nSPS) is 18.8. The van der Waals surface area contributed by atoms with Crippen LogP contribution in [-0.4, -0.2) is 27.8 Å². The molecule has 1 aliphatic rings. The first-order valence-electron chi connectivity index (χ1n) is 8.10. The fourth-order valence-electron chi connectivity index (χ4n) is 3.51. The number of halogens is 1. The predicted octanol–water partition coefficient (Wildman–Crippen LogP) is 3.93. The zero-order chi connectivity index (χ0) is 15.8. The van der Waals surface area contributed by atoms with E-state index in [9.17, 15) is 4.39 Å². The van der Waals surface area contributed by atoms with Crippen molar-refractivity contribution in [3.8, 4) is 0 Å². The molecule has 4 rings (SSSR count). The van der Waals surface area contributed by atoms with Crippen LogP contribution in [-0.2, 0) is 6.54 Å². The second kappa shape index (κ2) is 5.78. The average molecular weight is 309 g/mol. The molecule has 2 heterocycles. The van der Waals surface area contributed by atoms with Crippen LogP contribution in [0.4, 0.5) is 4.39 Å². The van der Waals surface area contributed by atoms with Gasteiger partial charge in [-0.05, 0) is 35.9 Å². The van der Waals surface area contributed by atoms with Crippen LogP contribution in [0.2, 0.25) is 0 Å². The second-order valence-corrected chi connectivity index (χ2v) is 6.43. The summed E-state index contributed by atoms with van der Waals surface area (Å²) in [5.74, 6) is -0.143. The Morgan fingerprint density at radius 3 is 2.78 bits per heavy atom. The minimum Gasteiger partial charge on any atom is -0.297 e. The summed E-state index contributed by atoms with van der Waals surface area (Å²) in [6.45, 7) is 4.97. The van der Waals surface area contributed by atoms with Crippen LogP contribution in [0.15, 0.2) is 48.8 Å². The predicted molar refractivity (Wildman–Crippen MR) is 89.8 cm³/mol. The molecule has 1 aromatic heterocycles. The van der Waals surface area contributed by atoms with E-state index in [0.29, 0.717) is 11.4 Å². The molecule has 1 atom stereocenters. The number of fused-ring (bicyclic) bond motifs is 1. The molecule has 0 spiro atoms. The van der Waals surface area contributed by atoms with Gasteiger partial charge in [0.15, 0.2) is 0 Å². The standard InChI is InChI=1S/C19H20FN3/c1-14-10-21-23(11-14)16-8-9-22(13-16)12-15-6-7-19(20)18-5-3-2-4-17(15)18/h2-7,10-11,16H,8-9,12-13H2,1H3. The van der Waals surface area contributed by atoms with E-state index in [1.165, 1.54) is 11.1 Å². The van der Waals surface area contributed by atoms with Gasteiger partial charge in [0.05, 0.1) is 12.2 Å². The van der Waals surface area contributed by atoms with E-state index < -0.39 is 0 Å². The van der Waals surface area contributed by atoms with Crippen molar-refractivity contribution >= 4 is 10.8 Å². The molecule has 1 fully saturated rings. The Bertz CT molecular complexity index is 840. The third kappa shape index (κ3) is 2.75. The molecule has 4 heteroatoms. The van der Waals surface area contributed by atoms with E-state index >= 15 is 0 Å².